The summed E-state index contributed by atoms with van der Waals surface area (Å²) in [4.78, 5) is 0. The lowest BCUT2D eigenvalue weighted by Crippen LogP contribution is -3.00. The Bertz CT molecular complexity index is 80.0. The van der Waals surface area contributed by atoms with Crippen molar-refractivity contribution in [1.82, 2.24) is 0 Å². The molecule has 0 N–H and O–H groups in total. The van der Waals surface area contributed by atoms with E-state index in [0.717, 1.165) is 0 Å². The molecule has 0 radical (unpaired) electrons. The molecule has 0 bridgehead atoms. The Kier molecular flexibility index (Phi) is 3.95. The minimum Gasteiger partial charge on any atom is -1.00 e. The van der Waals surface area contributed by atoms with Gasteiger partial charge in [-0.25, -0.2) is 0 Å². The summed E-state index contributed by atoms with van der Waals surface area (Å²) in [7, 11) is 0. The van der Waals surface area contributed by atoms with Crippen LogP contribution < -0.4 is 12.4 Å². The van der Waals surface area contributed by atoms with Crippen LogP contribution in [0.4, 0.5) is 0 Å². The summed E-state index contributed by atoms with van der Waals surface area (Å²) in [5.41, 5.74) is 0. The lowest BCUT2D eigenvalue weighted by molar-refractivity contribution is -0.00000114. The Morgan fingerprint density at radius 2 is 1.43 bits per heavy atom. The maximum atomic E-state index is 2.04. The zero-order valence-corrected chi connectivity index (χ0v) is 5.25. The van der Waals surface area contributed by atoms with Gasteiger partial charge in [-0.3, -0.25) is 0 Å². The van der Waals surface area contributed by atoms with Crippen molar-refractivity contribution < 1.29 is 12.4 Å². The van der Waals surface area contributed by atoms with Crippen LogP contribution in [-0.4, -0.2) is 0 Å². The highest BCUT2D eigenvalue weighted by Crippen LogP contribution is 1.90. The van der Waals surface area contributed by atoms with Crippen molar-refractivity contribution in [1.29, 1.82) is 0 Å². The van der Waals surface area contributed by atoms with Crippen molar-refractivity contribution in [2.45, 2.75) is 0 Å². The molecular weight excluding hydrogens is 128 g/mol. The molecule has 0 fully saturated rings. The molecule has 0 atom stereocenters. The number of halogens is 1. The zero-order chi connectivity index (χ0) is 4.24. The normalized spacial score (nSPS) is 6.86. The summed E-state index contributed by atoms with van der Waals surface area (Å²) < 4.78 is 0. The van der Waals surface area contributed by atoms with E-state index in [9.17, 15) is 0 Å². The SMILES string of the molecule is [Cl-].c1cc[s+]cc1. The predicted octanol–water partition coefficient (Wildman–Crippen LogP) is -0.967. The van der Waals surface area contributed by atoms with Crippen LogP contribution in [0.25, 0.3) is 0 Å². The van der Waals surface area contributed by atoms with E-state index in [1.807, 2.05) is 29.0 Å². The van der Waals surface area contributed by atoms with Gasteiger partial charge in [0, 0.05) is 0 Å². The van der Waals surface area contributed by atoms with Crippen LogP contribution in [0.1, 0.15) is 0 Å². The van der Waals surface area contributed by atoms with Gasteiger partial charge in [0.15, 0.2) is 10.8 Å². The molecule has 0 unspecified atom stereocenters. The minimum absolute atomic E-state index is 0. The van der Waals surface area contributed by atoms with Crippen LogP contribution in [0.5, 0.6) is 0 Å². The second-order valence-electron chi connectivity index (χ2n) is 0.986. The van der Waals surface area contributed by atoms with Gasteiger partial charge in [-0.2, -0.15) is 0 Å². The van der Waals surface area contributed by atoms with Crippen molar-refractivity contribution in [2.24, 2.45) is 0 Å². The lowest BCUT2D eigenvalue weighted by atomic mass is 10.6. The molecule has 0 aliphatic rings. The van der Waals surface area contributed by atoms with Crippen molar-refractivity contribution >= 4 is 11.3 Å². The first-order chi connectivity index (χ1) is 3.00. The Morgan fingerprint density at radius 1 is 0.857 bits per heavy atom. The molecule has 38 valence electrons. The van der Waals surface area contributed by atoms with Crippen LogP contribution in [0.2, 0.25) is 0 Å². The molecule has 1 aromatic heterocycles. The van der Waals surface area contributed by atoms with Crippen LogP contribution in [-0.2, 0) is 0 Å². The second kappa shape index (κ2) is 4.03. The largest absolute Gasteiger partial charge is 1.00 e. The molecule has 1 heterocycles. The monoisotopic (exact) mass is 132 g/mol. The van der Waals surface area contributed by atoms with Crippen LogP contribution in [0.3, 0.4) is 0 Å². The maximum absolute atomic E-state index is 2.04. The minimum atomic E-state index is 0. The van der Waals surface area contributed by atoms with Crippen LogP contribution >= 0.6 is 11.3 Å². The average molecular weight is 133 g/mol. The van der Waals surface area contributed by atoms with Gasteiger partial charge >= 0.3 is 0 Å². The van der Waals surface area contributed by atoms with E-state index in [-0.39, 0.29) is 12.4 Å². The fourth-order valence-corrected chi connectivity index (χ4v) is 0.745. The molecule has 0 aromatic carbocycles. The third-order valence-corrected chi connectivity index (χ3v) is 1.17. The first-order valence-corrected chi connectivity index (χ1v) is 2.75. The highest BCUT2D eigenvalue weighted by atomic mass is 35.5. The van der Waals surface area contributed by atoms with Crippen molar-refractivity contribution in [3.63, 3.8) is 0 Å². The highest BCUT2D eigenvalue weighted by Gasteiger charge is 1.74. The van der Waals surface area contributed by atoms with E-state index in [1.54, 1.807) is 11.3 Å². The molecule has 0 spiro atoms. The summed E-state index contributed by atoms with van der Waals surface area (Å²) in [6.45, 7) is 0. The van der Waals surface area contributed by atoms with Crippen LogP contribution in [0.15, 0.2) is 29.0 Å². The summed E-state index contributed by atoms with van der Waals surface area (Å²) >= 11 is 1.70. The van der Waals surface area contributed by atoms with Gasteiger partial charge in [0.1, 0.15) is 0 Å². The van der Waals surface area contributed by atoms with Crippen LogP contribution in [0, 0.1) is 0 Å². The first-order valence-electron chi connectivity index (χ1n) is 1.80. The Balaban J connectivity index is 0.000000360. The predicted molar refractivity (Wildman–Crippen MR) is 28.7 cm³/mol. The molecule has 0 amide bonds. The molecule has 2 heteroatoms. The molecule has 0 aliphatic heterocycles. The molecular formula is C5H5ClS. The van der Waals surface area contributed by atoms with E-state index in [2.05, 4.69) is 0 Å². The molecule has 0 saturated heterocycles. The summed E-state index contributed by atoms with van der Waals surface area (Å²) in [5.74, 6) is 0. The maximum Gasteiger partial charge on any atom is 0.211 e. The smallest absolute Gasteiger partial charge is 0.211 e. The van der Waals surface area contributed by atoms with Crippen molar-refractivity contribution in [2.75, 3.05) is 0 Å². The first kappa shape index (κ1) is 6.86. The molecule has 7 heavy (non-hydrogen) atoms. The number of hydrogen-bond acceptors (Lipinski definition) is 0. The van der Waals surface area contributed by atoms with E-state index in [1.165, 1.54) is 0 Å². The topological polar surface area (TPSA) is 0 Å². The Labute approximate surface area is 53.2 Å². The van der Waals surface area contributed by atoms with Gasteiger partial charge in [0.25, 0.3) is 0 Å². The van der Waals surface area contributed by atoms with Gasteiger partial charge in [0.2, 0.25) is 11.3 Å². The van der Waals surface area contributed by atoms with E-state index >= 15 is 0 Å². The highest BCUT2D eigenvalue weighted by molar-refractivity contribution is 7.07. The van der Waals surface area contributed by atoms with Crippen molar-refractivity contribution in [3.8, 4) is 0 Å². The van der Waals surface area contributed by atoms with E-state index < -0.39 is 0 Å². The number of rotatable bonds is 0. The molecule has 0 aliphatic carbocycles. The average Bonchev–Trinajstić information content (AvgIpc) is 1.72. The van der Waals surface area contributed by atoms with Gasteiger partial charge < -0.3 is 12.4 Å². The van der Waals surface area contributed by atoms with E-state index in [4.69, 9.17) is 0 Å². The van der Waals surface area contributed by atoms with Gasteiger partial charge in [-0.15, -0.1) is 0 Å². The third kappa shape index (κ3) is 2.54. The standard InChI is InChI=1S/C5H5S.ClH/c1-2-4-6-5-3-1;/h1-5H;1H/q+1;/p-1. The fourth-order valence-electron chi connectivity index (χ4n) is 0.291. The summed E-state index contributed by atoms with van der Waals surface area (Å²) in [6, 6.07) is 6.05. The second-order valence-corrected chi connectivity index (χ2v) is 1.80. The zero-order valence-electron chi connectivity index (χ0n) is 3.67. The fraction of sp³-hybridized carbons (Fsp3) is 0. The van der Waals surface area contributed by atoms with Gasteiger partial charge in [0.05, 0.1) is 0 Å². The molecule has 1 aromatic rings. The van der Waals surface area contributed by atoms with Gasteiger partial charge in [-0.05, 0) is 12.1 Å². The summed E-state index contributed by atoms with van der Waals surface area (Å²) in [5, 5.41) is 4.08. The molecule has 0 saturated carbocycles. The molecule has 0 nitrogen and oxygen atoms in total. The summed E-state index contributed by atoms with van der Waals surface area (Å²) in [6.07, 6.45) is 0. The molecule has 1 rings (SSSR count). The Morgan fingerprint density at radius 3 is 1.57 bits per heavy atom. The lowest BCUT2D eigenvalue weighted by Gasteiger charge is -1.56. The van der Waals surface area contributed by atoms with E-state index in [0.29, 0.717) is 0 Å². The Hall–Kier alpha value is -0.140. The third-order valence-electron chi connectivity index (χ3n) is 0.536. The number of hydrogen-bond donors (Lipinski definition) is 0. The quantitative estimate of drug-likeness (QED) is 0.399. The van der Waals surface area contributed by atoms with Crippen molar-refractivity contribution in [3.05, 3.63) is 29.0 Å². The van der Waals surface area contributed by atoms with Gasteiger partial charge in [-0.1, -0.05) is 6.07 Å².